The van der Waals surface area contributed by atoms with Gasteiger partial charge in [0.05, 0.1) is 4.90 Å². The first-order chi connectivity index (χ1) is 12.0. The molecule has 2 aromatic carbocycles. The van der Waals surface area contributed by atoms with Gasteiger partial charge in [0.1, 0.15) is 6.04 Å². The van der Waals surface area contributed by atoms with Crippen LogP contribution in [0.15, 0.2) is 53.4 Å². The number of amides is 1. The third-order valence-corrected chi connectivity index (χ3v) is 5.58. The number of hydrogen-bond acceptors (Lipinski definition) is 4. The topological polar surface area (TPSA) is 115 Å². The van der Waals surface area contributed by atoms with Crippen molar-refractivity contribution in [3.8, 4) is 0 Å². The average molecular weight is 375 g/mol. The third-order valence-electron chi connectivity index (χ3n) is 4.09. The highest BCUT2D eigenvalue weighted by Gasteiger charge is 2.25. The highest BCUT2D eigenvalue weighted by Crippen LogP contribution is 2.23. The van der Waals surface area contributed by atoms with Gasteiger partial charge in [0.15, 0.2) is 0 Å². The summed E-state index contributed by atoms with van der Waals surface area (Å²) in [6, 6.07) is 12.4. The summed E-state index contributed by atoms with van der Waals surface area (Å²) >= 11 is 0. The minimum atomic E-state index is -3.87. The van der Waals surface area contributed by atoms with Gasteiger partial charge in [-0.25, -0.2) is 8.42 Å². The summed E-state index contributed by atoms with van der Waals surface area (Å²) in [6.07, 6.45) is 0.148. The van der Waals surface area contributed by atoms with Crippen molar-refractivity contribution < 1.29 is 13.2 Å². The van der Waals surface area contributed by atoms with Crippen LogP contribution in [0.1, 0.15) is 31.9 Å². The fourth-order valence-corrected chi connectivity index (χ4v) is 3.68. The molecular weight excluding hydrogens is 350 g/mol. The highest BCUT2D eigenvalue weighted by atomic mass is 32.2. The predicted octanol–water partition coefficient (Wildman–Crippen LogP) is 1.94. The Kier molecular flexibility index (Phi) is 5.73. The number of carbonyl (C=O) groups is 1. The first kappa shape index (κ1) is 19.9. The zero-order valence-electron chi connectivity index (χ0n) is 15.2. The molecule has 0 saturated carbocycles. The van der Waals surface area contributed by atoms with Crippen molar-refractivity contribution >= 4 is 21.6 Å². The lowest BCUT2D eigenvalue weighted by atomic mass is 9.87. The average Bonchev–Trinajstić information content (AvgIpc) is 2.55. The smallest absolute Gasteiger partial charge is 0.241 e. The molecule has 2 aromatic rings. The normalized spacial score (nSPS) is 13.3. The summed E-state index contributed by atoms with van der Waals surface area (Å²) in [5.41, 5.74) is 13.3. The maximum Gasteiger partial charge on any atom is 0.241 e. The molecule has 26 heavy (non-hydrogen) atoms. The molecule has 5 N–H and O–H groups in total. The lowest BCUT2D eigenvalue weighted by Crippen LogP contribution is -2.45. The molecule has 0 aromatic heterocycles. The Hall–Kier alpha value is -2.38. The summed E-state index contributed by atoms with van der Waals surface area (Å²) in [7, 11) is -3.87. The summed E-state index contributed by atoms with van der Waals surface area (Å²) in [4.78, 5) is 11.8. The van der Waals surface area contributed by atoms with E-state index in [-0.39, 0.29) is 16.7 Å². The zero-order valence-corrected chi connectivity index (χ0v) is 16.0. The molecule has 1 atom stereocenters. The summed E-state index contributed by atoms with van der Waals surface area (Å²) < 4.78 is 27.6. The van der Waals surface area contributed by atoms with Gasteiger partial charge in [0, 0.05) is 5.69 Å². The molecule has 0 saturated heterocycles. The third kappa shape index (κ3) is 5.06. The van der Waals surface area contributed by atoms with E-state index in [1.165, 1.54) is 12.1 Å². The molecule has 0 unspecified atom stereocenters. The van der Waals surface area contributed by atoms with Gasteiger partial charge in [-0.05, 0) is 47.2 Å². The van der Waals surface area contributed by atoms with Crippen LogP contribution in [0, 0.1) is 0 Å². The van der Waals surface area contributed by atoms with Crippen LogP contribution in [0.5, 0.6) is 0 Å². The van der Waals surface area contributed by atoms with E-state index in [0.717, 1.165) is 11.1 Å². The number of nitrogens with one attached hydrogen (secondary N) is 1. The van der Waals surface area contributed by atoms with Crippen molar-refractivity contribution in [3.05, 3.63) is 59.7 Å². The number of rotatable bonds is 6. The van der Waals surface area contributed by atoms with Crippen LogP contribution >= 0.6 is 0 Å². The van der Waals surface area contributed by atoms with E-state index in [1.54, 1.807) is 36.4 Å². The van der Waals surface area contributed by atoms with E-state index < -0.39 is 22.0 Å². The van der Waals surface area contributed by atoms with E-state index in [4.69, 9.17) is 11.5 Å². The second kappa shape index (κ2) is 7.47. The second-order valence-corrected chi connectivity index (χ2v) is 9.01. The Balaban J connectivity index is 2.21. The van der Waals surface area contributed by atoms with Crippen LogP contribution in [0.25, 0.3) is 0 Å². The lowest BCUT2D eigenvalue weighted by Gasteiger charge is -2.20. The minimum Gasteiger partial charge on any atom is -0.399 e. The number of sulfonamides is 1. The number of primary amides is 1. The van der Waals surface area contributed by atoms with Crippen molar-refractivity contribution in [1.29, 1.82) is 0 Å². The lowest BCUT2D eigenvalue weighted by molar-refractivity contribution is -0.119. The van der Waals surface area contributed by atoms with Crippen LogP contribution < -0.4 is 16.2 Å². The minimum absolute atomic E-state index is 0.0827. The molecular formula is C19H25N3O3S. The Morgan fingerprint density at radius 1 is 1.04 bits per heavy atom. The molecule has 2 rings (SSSR count). The van der Waals surface area contributed by atoms with Gasteiger partial charge in [-0.2, -0.15) is 4.72 Å². The first-order valence-electron chi connectivity index (χ1n) is 8.25. The molecule has 6 nitrogen and oxygen atoms in total. The zero-order chi connectivity index (χ0) is 19.5. The number of benzene rings is 2. The molecule has 0 aliphatic rings. The Labute approximate surface area is 154 Å². The number of anilines is 1. The molecule has 0 heterocycles. The Morgan fingerprint density at radius 2 is 1.58 bits per heavy atom. The Bertz CT molecular complexity index is 868. The van der Waals surface area contributed by atoms with Crippen LogP contribution in [0.3, 0.4) is 0 Å². The predicted molar refractivity (Wildman–Crippen MR) is 103 cm³/mol. The first-order valence-corrected chi connectivity index (χ1v) is 9.74. The summed E-state index contributed by atoms with van der Waals surface area (Å²) in [6.45, 7) is 6.14. The number of nitrogens with two attached hydrogens (primary N) is 2. The molecule has 140 valence electrons. The van der Waals surface area contributed by atoms with Gasteiger partial charge in [-0.15, -0.1) is 0 Å². The summed E-state index contributed by atoms with van der Waals surface area (Å²) in [5, 5.41) is 0. The molecule has 7 heteroatoms. The quantitative estimate of drug-likeness (QED) is 0.669. The largest absolute Gasteiger partial charge is 0.399 e. The van der Waals surface area contributed by atoms with E-state index >= 15 is 0 Å². The van der Waals surface area contributed by atoms with E-state index in [9.17, 15) is 13.2 Å². The van der Waals surface area contributed by atoms with Crippen LogP contribution in [0.2, 0.25) is 0 Å². The molecule has 0 radical (unpaired) electrons. The van der Waals surface area contributed by atoms with Crippen LogP contribution in [-0.4, -0.2) is 20.4 Å². The molecule has 0 spiro atoms. The fraction of sp³-hybridized carbons (Fsp3) is 0.316. The SMILES string of the molecule is CC(C)(C)c1ccc(S(=O)(=O)N[C@@H](Cc2ccc(N)cc2)C(N)=O)cc1. The number of carbonyl (C=O) groups excluding carboxylic acids is 1. The van der Waals surface area contributed by atoms with Crippen LogP contribution in [-0.2, 0) is 26.7 Å². The molecule has 0 aliphatic heterocycles. The van der Waals surface area contributed by atoms with Gasteiger partial charge in [0.2, 0.25) is 15.9 Å². The van der Waals surface area contributed by atoms with Crippen molar-refractivity contribution in [2.45, 2.75) is 43.5 Å². The van der Waals surface area contributed by atoms with Gasteiger partial charge >= 0.3 is 0 Å². The molecule has 0 aliphatic carbocycles. The molecule has 0 bridgehead atoms. The number of hydrogen-bond donors (Lipinski definition) is 3. The van der Waals surface area contributed by atoms with Crippen molar-refractivity contribution in [2.75, 3.05) is 5.73 Å². The maximum atomic E-state index is 12.6. The second-order valence-electron chi connectivity index (χ2n) is 7.30. The van der Waals surface area contributed by atoms with Gasteiger partial charge in [-0.1, -0.05) is 45.0 Å². The van der Waals surface area contributed by atoms with Crippen molar-refractivity contribution in [2.24, 2.45) is 5.73 Å². The molecule has 1 amide bonds. The van der Waals surface area contributed by atoms with E-state index in [2.05, 4.69) is 4.72 Å². The molecule has 0 fully saturated rings. The van der Waals surface area contributed by atoms with E-state index in [0.29, 0.717) is 5.69 Å². The van der Waals surface area contributed by atoms with Crippen molar-refractivity contribution in [1.82, 2.24) is 4.72 Å². The van der Waals surface area contributed by atoms with Gasteiger partial charge in [-0.3, -0.25) is 4.79 Å². The highest BCUT2D eigenvalue weighted by molar-refractivity contribution is 7.89. The standard InChI is InChI=1S/C19H25N3O3S/c1-19(2,3)14-6-10-16(11-7-14)26(24,25)22-17(18(21)23)12-13-4-8-15(20)9-5-13/h4-11,17,22H,12,20H2,1-3H3,(H2,21,23)/t17-/m0/s1. The van der Waals surface area contributed by atoms with Crippen molar-refractivity contribution in [3.63, 3.8) is 0 Å². The van der Waals surface area contributed by atoms with Gasteiger partial charge < -0.3 is 11.5 Å². The van der Waals surface area contributed by atoms with Gasteiger partial charge in [0.25, 0.3) is 0 Å². The Morgan fingerprint density at radius 3 is 2.04 bits per heavy atom. The monoisotopic (exact) mass is 375 g/mol. The summed E-state index contributed by atoms with van der Waals surface area (Å²) in [5.74, 6) is -0.739. The fourth-order valence-electron chi connectivity index (χ4n) is 2.48. The van der Waals surface area contributed by atoms with E-state index in [1.807, 2.05) is 20.8 Å². The number of nitrogen functional groups attached to an aromatic ring is 1. The van der Waals surface area contributed by atoms with Crippen LogP contribution in [0.4, 0.5) is 5.69 Å². The maximum absolute atomic E-state index is 12.6.